The van der Waals surface area contributed by atoms with Crippen LogP contribution in [0, 0.1) is 11.6 Å². The van der Waals surface area contributed by atoms with E-state index in [1.54, 1.807) is 7.05 Å². The summed E-state index contributed by atoms with van der Waals surface area (Å²) in [5.74, 6) is -1.98. The Balaban J connectivity index is 2.33. The lowest BCUT2D eigenvalue weighted by molar-refractivity contribution is 0.583. The van der Waals surface area contributed by atoms with Gasteiger partial charge in [0.1, 0.15) is 16.4 Å². The van der Waals surface area contributed by atoms with Gasteiger partial charge >= 0.3 is 0 Å². The second-order valence-electron chi connectivity index (χ2n) is 4.24. The number of rotatable bonds is 5. The molecule has 0 spiro atoms. The molecule has 0 aliphatic carbocycles. The molecule has 1 aromatic carbocycles. The maximum Gasteiger partial charge on any atom is 0.263 e. The largest absolute Gasteiger partial charge is 0.363 e. The number of anilines is 1. The van der Waals surface area contributed by atoms with Gasteiger partial charge in [0.05, 0.1) is 5.02 Å². The maximum atomic E-state index is 13.6. The van der Waals surface area contributed by atoms with Gasteiger partial charge in [-0.05, 0) is 19.2 Å². The summed E-state index contributed by atoms with van der Waals surface area (Å²) in [5, 5.41) is 2.49. The number of nitrogens with one attached hydrogen (secondary N) is 3. The number of hydrogen-bond donors (Lipinski definition) is 3. The molecule has 0 atom stereocenters. The van der Waals surface area contributed by atoms with Crippen LogP contribution in [0.2, 0.25) is 5.02 Å². The molecule has 0 fully saturated rings. The standard InChI is InChI=1S/C12H12ClF2N3O2S/c1-16-5-8-4-9(6-17-8)21(19,20)18-12-10(13)2-7(14)3-11(12)15/h2-4,6,16-18H,5H2,1H3. The van der Waals surface area contributed by atoms with Gasteiger partial charge in [0, 0.05) is 24.5 Å². The molecule has 0 unspecified atom stereocenters. The van der Waals surface area contributed by atoms with E-state index in [-0.39, 0.29) is 9.92 Å². The maximum absolute atomic E-state index is 13.6. The Hall–Kier alpha value is -1.64. The minimum absolute atomic E-state index is 0.0764. The minimum atomic E-state index is -4.02. The average Bonchev–Trinajstić information content (AvgIpc) is 2.84. The summed E-state index contributed by atoms with van der Waals surface area (Å²) in [6.07, 6.45) is 1.27. The zero-order valence-electron chi connectivity index (χ0n) is 10.9. The quantitative estimate of drug-likeness (QED) is 0.786. The third-order valence-electron chi connectivity index (χ3n) is 2.64. The summed E-state index contributed by atoms with van der Waals surface area (Å²) in [5.41, 5.74) is 0.151. The highest BCUT2D eigenvalue weighted by Gasteiger charge is 2.20. The Morgan fingerprint density at radius 2 is 2.00 bits per heavy atom. The first-order chi connectivity index (χ1) is 9.83. The number of aromatic amines is 1. The van der Waals surface area contributed by atoms with E-state index < -0.39 is 27.3 Å². The smallest absolute Gasteiger partial charge is 0.263 e. The van der Waals surface area contributed by atoms with E-state index in [9.17, 15) is 17.2 Å². The lowest BCUT2D eigenvalue weighted by Gasteiger charge is -2.09. The lowest BCUT2D eigenvalue weighted by atomic mass is 10.3. The lowest BCUT2D eigenvalue weighted by Crippen LogP contribution is -2.14. The highest BCUT2D eigenvalue weighted by Crippen LogP contribution is 2.28. The first kappa shape index (κ1) is 15.7. The van der Waals surface area contributed by atoms with E-state index in [2.05, 4.69) is 10.3 Å². The molecule has 114 valence electrons. The molecule has 0 saturated heterocycles. The average molecular weight is 336 g/mol. The number of aromatic nitrogens is 1. The van der Waals surface area contributed by atoms with Crippen molar-refractivity contribution >= 4 is 27.3 Å². The van der Waals surface area contributed by atoms with Crippen molar-refractivity contribution < 1.29 is 17.2 Å². The van der Waals surface area contributed by atoms with Crippen molar-refractivity contribution in [3.05, 3.63) is 46.7 Å². The van der Waals surface area contributed by atoms with Crippen molar-refractivity contribution in [2.75, 3.05) is 11.8 Å². The van der Waals surface area contributed by atoms with E-state index >= 15 is 0 Å². The summed E-state index contributed by atoms with van der Waals surface area (Å²) < 4.78 is 52.8. The molecule has 3 N–H and O–H groups in total. The summed E-state index contributed by atoms with van der Waals surface area (Å²) in [6.45, 7) is 0.446. The second-order valence-corrected chi connectivity index (χ2v) is 6.33. The fourth-order valence-corrected chi connectivity index (χ4v) is 3.10. The number of hydrogen-bond acceptors (Lipinski definition) is 3. The van der Waals surface area contributed by atoms with Crippen LogP contribution in [-0.4, -0.2) is 20.4 Å². The van der Waals surface area contributed by atoms with Crippen LogP contribution in [0.3, 0.4) is 0 Å². The van der Waals surface area contributed by atoms with Crippen LogP contribution in [0.15, 0.2) is 29.3 Å². The second kappa shape index (κ2) is 6.00. The molecule has 2 rings (SSSR count). The highest BCUT2D eigenvalue weighted by molar-refractivity contribution is 7.92. The van der Waals surface area contributed by atoms with Gasteiger partial charge < -0.3 is 10.3 Å². The van der Waals surface area contributed by atoms with Crippen LogP contribution in [-0.2, 0) is 16.6 Å². The monoisotopic (exact) mass is 335 g/mol. The summed E-state index contributed by atoms with van der Waals surface area (Å²) in [6, 6.07) is 2.77. The van der Waals surface area contributed by atoms with E-state index in [0.717, 1.165) is 6.07 Å². The number of sulfonamides is 1. The number of benzene rings is 1. The molecule has 9 heteroatoms. The van der Waals surface area contributed by atoms with Crippen LogP contribution in [0.1, 0.15) is 5.69 Å². The predicted octanol–water partition coefficient (Wildman–Crippen LogP) is 2.47. The van der Waals surface area contributed by atoms with Crippen LogP contribution in [0.4, 0.5) is 14.5 Å². The Labute approximate surface area is 125 Å². The molecular weight excluding hydrogens is 324 g/mol. The minimum Gasteiger partial charge on any atom is -0.363 e. The van der Waals surface area contributed by atoms with Crippen molar-refractivity contribution in [1.29, 1.82) is 0 Å². The van der Waals surface area contributed by atoms with Crippen LogP contribution < -0.4 is 10.0 Å². The third kappa shape index (κ3) is 3.52. The molecule has 0 amide bonds. The van der Waals surface area contributed by atoms with Gasteiger partial charge in [-0.15, -0.1) is 0 Å². The highest BCUT2D eigenvalue weighted by atomic mass is 35.5. The van der Waals surface area contributed by atoms with E-state index in [4.69, 9.17) is 11.6 Å². The molecule has 0 bridgehead atoms. The van der Waals surface area contributed by atoms with Crippen LogP contribution in [0.25, 0.3) is 0 Å². The molecule has 5 nitrogen and oxygen atoms in total. The zero-order chi connectivity index (χ0) is 15.6. The van der Waals surface area contributed by atoms with Crippen molar-refractivity contribution in [1.82, 2.24) is 10.3 Å². The Morgan fingerprint density at radius 3 is 2.62 bits per heavy atom. The van der Waals surface area contributed by atoms with E-state index in [1.165, 1.54) is 12.3 Å². The van der Waals surface area contributed by atoms with E-state index in [1.807, 2.05) is 4.72 Å². The molecule has 0 radical (unpaired) electrons. The molecule has 0 aliphatic heterocycles. The Morgan fingerprint density at radius 1 is 1.29 bits per heavy atom. The molecule has 21 heavy (non-hydrogen) atoms. The topological polar surface area (TPSA) is 74.0 Å². The van der Waals surface area contributed by atoms with Gasteiger partial charge in [-0.1, -0.05) is 11.6 Å². The van der Waals surface area contributed by atoms with Gasteiger partial charge in [0.2, 0.25) is 0 Å². The van der Waals surface area contributed by atoms with Gasteiger partial charge in [-0.25, -0.2) is 17.2 Å². The zero-order valence-corrected chi connectivity index (χ0v) is 12.4. The van der Waals surface area contributed by atoms with Gasteiger partial charge in [-0.3, -0.25) is 4.72 Å². The van der Waals surface area contributed by atoms with Crippen LogP contribution in [0.5, 0.6) is 0 Å². The normalized spacial score (nSPS) is 11.6. The molecule has 1 aromatic heterocycles. The first-order valence-corrected chi connectivity index (χ1v) is 7.69. The van der Waals surface area contributed by atoms with Crippen molar-refractivity contribution in [3.63, 3.8) is 0 Å². The third-order valence-corrected chi connectivity index (χ3v) is 4.26. The molecule has 0 aliphatic rings. The molecule has 0 saturated carbocycles. The molecule has 1 heterocycles. The molecule has 2 aromatic rings. The van der Waals surface area contributed by atoms with Crippen molar-refractivity contribution in [2.24, 2.45) is 0 Å². The fourth-order valence-electron chi connectivity index (χ4n) is 1.70. The first-order valence-electron chi connectivity index (χ1n) is 5.83. The van der Waals surface area contributed by atoms with E-state index in [0.29, 0.717) is 18.3 Å². The fraction of sp³-hybridized carbons (Fsp3) is 0.167. The van der Waals surface area contributed by atoms with Gasteiger partial charge in [0.15, 0.2) is 5.82 Å². The predicted molar refractivity (Wildman–Crippen MR) is 75.7 cm³/mol. The van der Waals surface area contributed by atoms with Crippen LogP contribution >= 0.6 is 11.6 Å². The summed E-state index contributed by atoms with van der Waals surface area (Å²) in [7, 11) is -2.32. The number of halogens is 3. The van der Waals surface area contributed by atoms with Crippen molar-refractivity contribution in [3.8, 4) is 0 Å². The Bertz CT molecular complexity index is 739. The van der Waals surface area contributed by atoms with Gasteiger partial charge in [0.25, 0.3) is 10.0 Å². The van der Waals surface area contributed by atoms with Crippen molar-refractivity contribution in [2.45, 2.75) is 11.4 Å². The summed E-state index contributed by atoms with van der Waals surface area (Å²) >= 11 is 5.66. The molecular formula is C12H12ClF2N3O2S. The number of H-pyrrole nitrogens is 1. The summed E-state index contributed by atoms with van der Waals surface area (Å²) in [4.78, 5) is 2.69. The SMILES string of the molecule is CNCc1cc(S(=O)(=O)Nc2c(F)cc(F)cc2Cl)c[nH]1. The Kier molecular flexibility index (Phi) is 4.50. The van der Waals surface area contributed by atoms with Gasteiger partial charge in [-0.2, -0.15) is 0 Å².